The van der Waals surface area contributed by atoms with Crippen LogP contribution in [0.1, 0.15) is 49.3 Å². The predicted octanol–water partition coefficient (Wildman–Crippen LogP) is 4.74. The summed E-state index contributed by atoms with van der Waals surface area (Å²) in [5.74, 6) is 0.772. The molecule has 1 aliphatic carbocycles. The van der Waals surface area contributed by atoms with Crippen LogP contribution < -0.4 is 10.1 Å². The van der Waals surface area contributed by atoms with Crippen LogP contribution in [0.15, 0.2) is 54.1 Å². The molecule has 1 saturated carbocycles. The van der Waals surface area contributed by atoms with Crippen molar-refractivity contribution in [2.45, 2.75) is 45.3 Å². The Balaban J connectivity index is 1.62. The normalized spacial score (nSPS) is 18.7. The molecule has 0 saturated heterocycles. The van der Waals surface area contributed by atoms with Gasteiger partial charge in [0.15, 0.2) is 0 Å². The molecule has 0 heterocycles. The summed E-state index contributed by atoms with van der Waals surface area (Å²) in [6.45, 7) is 2.44. The molecule has 1 aliphatic rings. The van der Waals surface area contributed by atoms with Crippen molar-refractivity contribution in [3.63, 3.8) is 0 Å². The number of nitriles is 2. The molecule has 5 nitrogen and oxygen atoms in total. The minimum absolute atomic E-state index is 0.101. The maximum Gasteiger partial charge on any atom is 0.262 e. The quantitative estimate of drug-likeness (QED) is 0.561. The SMILES string of the molecule is C[C@@H]1CCCC[C@@H]1NC(=O)/C(C#N)=C/c1ccc(OCc2ccccc2C#N)cc1. The lowest BCUT2D eigenvalue weighted by Crippen LogP contribution is -2.41. The first-order valence-corrected chi connectivity index (χ1v) is 10.2. The highest BCUT2D eigenvalue weighted by molar-refractivity contribution is 6.01. The number of hydrogen-bond acceptors (Lipinski definition) is 4. The van der Waals surface area contributed by atoms with Crippen LogP contribution in [0.2, 0.25) is 0 Å². The van der Waals surface area contributed by atoms with Crippen LogP contribution in [-0.4, -0.2) is 11.9 Å². The molecule has 2 aromatic carbocycles. The summed E-state index contributed by atoms with van der Waals surface area (Å²) >= 11 is 0. The monoisotopic (exact) mass is 399 g/mol. The van der Waals surface area contributed by atoms with Crippen molar-refractivity contribution >= 4 is 12.0 Å². The van der Waals surface area contributed by atoms with E-state index in [1.54, 1.807) is 36.4 Å². The average molecular weight is 399 g/mol. The van der Waals surface area contributed by atoms with E-state index in [0.29, 0.717) is 23.8 Å². The summed E-state index contributed by atoms with van der Waals surface area (Å²) < 4.78 is 5.76. The zero-order chi connectivity index (χ0) is 21.3. The summed E-state index contributed by atoms with van der Waals surface area (Å²) in [7, 11) is 0. The Morgan fingerprint density at radius 3 is 2.57 bits per heavy atom. The molecule has 0 unspecified atom stereocenters. The number of rotatable bonds is 6. The van der Waals surface area contributed by atoms with Gasteiger partial charge in [-0.25, -0.2) is 0 Å². The number of nitrogens with zero attached hydrogens (tertiary/aromatic N) is 2. The van der Waals surface area contributed by atoms with E-state index in [0.717, 1.165) is 30.4 Å². The van der Waals surface area contributed by atoms with E-state index in [1.165, 1.54) is 6.42 Å². The summed E-state index contributed by atoms with van der Waals surface area (Å²) in [6, 6.07) is 18.8. The number of benzene rings is 2. The van der Waals surface area contributed by atoms with Crippen LogP contribution in [0, 0.1) is 28.6 Å². The molecule has 30 heavy (non-hydrogen) atoms. The average Bonchev–Trinajstić information content (AvgIpc) is 2.78. The number of amides is 1. The van der Waals surface area contributed by atoms with Gasteiger partial charge >= 0.3 is 0 Å². The molecule has 1 amide bonds. The molecular formula is C25H25N3O2. The number of hydrogen-bond donors (Lipinski definition) is 1. The zero-order valence-corrected chi connectivity index (χ0v) is 17.1. The minimum atomic E-state index is -0.315. The fourth-order valence-corrected chi connectivity index (χ4v) is 3.67. The highest BCUT2D eigenvalue weighted by Gasteiger charge is 2.24. The first-order valence-electron chi connectivity index (χ1n) is 10.2. The minimum Gasteiger partial charge on any atom is -0.489 e. The second-order valence-electron chi connectivity index (χ2n) is 7.64. The molecule has 2 atom stereocenters. The third kappa shape index (κ3) is 5.49. The van der Waals surface area contributed by atoms with Gasteiger partial charge in [0.05, 0.1) is 11.6 Å². The van der Waals surface area contributed by atoms with Crippen molar-refractivity contribution in [1.29, 1.82) is 10.5 Å². The van der Waals surface area contributed by atoms with Gasteiger partial charge in [-0.2, -0.15) is 10.5 Å². The van der Waals surface area contributed by atoms with Gasteiger partial charge in [-0.15, -0.1) is 0 Å². The van der Waals surface area contributed by atoms with Crippen LogP contribution in [-0.2, 0) is 11.4 Å². The summed E-state index contributed by atoms with van der Waals surface area (Å²) in [6.07, 6.45) is 5.98. The van der Waals surface area contributed by atoms with Crippen LogP contribution in [0.25, 0.3) is 6.08 Å². The standard InChI is InChI=1S/C25H25N3O2/c1-18-6-2-5-9-24(18)28-25(29)22(16-27)14-19-10-12-23(13-11-19)30-17-21-8-4-3-7-20(21)15-26/h3-4,7-8,10-14,18,24H,2,5-6,9,17H2,1H3,(H,28,29)/b22-14+/t18-,24+/m1/s1. The van der Waals surface area contributed by atoms with Gasteiger partial charge < -0.3 is 10.1 Å². The molecule has 0 aromatic heterocycles. The summed E-state index contributed by atoms with van der Waals surface area (Å²) in [4.78, 5) is 12.5. The molecule has 0 radical (unpaired) electrons. The van der Waals surface area contributed by atoms with Crippen molar-refractivity contribution < 1.29 is 9.53 Å². The van der Waals surface area contributed by atoms with E-state index in [2.05, 4.69) is 18.3 Å². The third-order valence-corrected chi connectivity index (χ3v) is 5.52. The Morgan fingerprint density at radius 2 is 1.87 bits per heavy atom. The van der Waals surface area contributed by atoms with Gasteiger partial charge in [0.1, 0.15) is 24.0 Å². The maximum absolute atomic E-state index is 12.5. The maximum atomic E-state index is 12.5. The Morgan fingerprint density at radius 1 is 1.13 bits per heavy atom. The van der Waals surface area contributed by atoms with E-state index < -0.39 is 0 Å². The van der Waals surface area contributed by atoms with E-state index in [4.69, 9.17) is 10.00 Å². The Labute approximate surface area is 177 Å². The van der Waals surface area contributed by atoms with Crippen molar-refractivity contribution in [3.05, 3.63) is 70.8 Å². The van der Waals surface area contributed by atoms with Gasteiger partial charge in [-0.05, 0) is 48.6 Å². The van der Waals surface area contributed by atoms with E-state index in [-0.39, 0.29) is 17.5 Å². The van der Waals surface area contributed by atoms with Crippen LogP contribution in [0.4, 0.5) is 0 Å². The lowest BCUT2D eigenvalue weighted by molar-refractivity contribution is -0.118. The highest BCUT2D eigenvalue weighted by atomic mass is 16.5. The third-order valence-electron chi connectivity index (χ3n) is 5.52. The van der Waals surface area contributed by atoms with Crippen molar-refractivity contribution in [2.75, 3.05) is 0 Å². The lowest BCUT2D eigenvalue weighted by atomic mass is 9.86. The van der Waals surface area contributed by atoms with Crippen LogP contribution in [0.3, 0.4) is 0 Å². The topological polar surface area (TPSA) is 85.9 Å². The van der Waals surface area contributed by atoms with Gasteiger partial charge in [0, 0.05) is 11.6 Å². The summed E-state index contributed by atoms with van der Waals surface area (Å²) in [5, 5.41) is 21.6. The Hall–Kier alpha value is -3.57. The number of nitrogens with one attached hydrogen (secondary N) is 1. The Kier molecular flexibility index (Phi) is 7.24. The van der Waals surface area contributed by atoms with E-state index >= 15 is 0 Å². The van der Waals surface area contributed by atoms with Gasteiger partial charge in [-0.1, -0.05) is 50.1 Å². The second kappa shape index (κ2) is 10.3. The number of ether oxygens (including phenoxy) is 1. The smallest absolute Gasteiger partial charge is 0.262 e. The summed E-state index contributed by atoms with van der Waals surface area (Å²) in [5.41, 5.74) is 2.27. The molecule has 2 aromatic rings. The molecule has 0 bridgehead atoms. The van der Waals surface area contributed by atoms with E-state index in [1.807, 2.05) is 24.3 Å². The molecule has 0 aliphatic heterocycles. The fraction of sp³-hybridized carbons (Fsp3) is 0.320. The molecule has 152 valence electrons. The Bertz CT molecular complexity index is 996. The first kappa shape index (κ1) is 21.1. The molecule has 5 heteroatoms. The van der Waals surface area contributed by atoms with Gasteiger partial charge in [0.25, 0.3) is 5.91 Å². The van der Waals surface area contributed by atoms with Crippen molar-refractivity contribution in [2.24, 2.45) is 5.92 Å². The fourth-order valence-electron chi connectivity index (χ4n) is 3.67. The van der Waals surface area contributed by atoms with Crippen LogP contribution in [0.5, 0.6) is 5.75 Å². The highest BCUT2D eigenvalue weighted by Crippen LogP contribution is 2.24. The molecular weight excluding hydrogens is 374 g/mol. The van der Waals surface area contributed by atoms with Crippen molar-refractivity contribution in [1.82, 2.24) is 5.32 Å². The second-order valence-corrected chi connectivity index (χ2v) is 7.64. The van der Waals surface area contributed by atoms with Crippen molar-refractivity contribution in [3.8, 4) is 17.9 Å². The molecule has 1 fully saturated rings. The lowest BCUT2D eigenvalue weighted by Gasteiger charge is -2.29. The zero-order valence-electron chi connectivity index (χ0n) is 17.1. The number of carbonyl (C=O) groups is 1. The van der Waals surface area contributed by atoms with Crippen LogP contribution >= 0.6 is 0 Å². The first-order chi connectivity index (χ1) is 14.6. The molecule has 3 rings (SSSR count). The predicted molar refractivity (Wildman–Crippen MR) is 115 cm³/mol. The van der Waals surface area contributed by atoms with E-state index in [9.17, 15) is 10.1 Å². The van der Waals surface area contributed by atoms with Gasteiger partial charge in [0.2, 0.25) is 0 Å². The molecule has 1 N–H and O–H groups in total. The number of carbonyl (C=O) groups excluding carboxylic acids is 1. The largest absolute Gasteiger partial charge is 0.489 e. The molecule has 0 spiro atoms. The van der Waals surface area contributed by atoms with Gasteiger partial charge in [-0.3, -0.25) is 4.79 Å².